The van der Waals surface area contributed by atoms with Gasteiger partial charge in [-0.2, -0.15) is 0 Å². The van der Waals surface area contributed by atoms with Gasteiger partial charge in [-0.05, 0) is 68.9 Å². The van der Waals surface area contributed by atoms with Crippen LogP contribution in [0.2, 0.25) is 0 Å². The van der Waals surface area contributed by atoms with E-state index >= 15 is 0 Å². The summed E-state index contributed by atoms with van der Waals surface area (Å²) in [6.07, 6.45) is 2.25. The Labute approximate surface area is 149 Å². The maximum absolute atomic E-state index is 12.8. The molecule has 1 aromatic heterocycles. The zero-order chi connectivity index (χ0) is 18.0. The molecule has 0 bridgehead atoms. The first kappa shape index (κ1) is 17.4. The fraction of sp³-hybridized carbons (Fsp3) is 0.450. The summed E-state index contributed by atoms with van der Waals surface area (Å²) in [4.78, 5) is 23.6. The highest BCUT2D eigenvalue weighted by Gasteiger charge is 2.23. The molecule has 1 aliphatic rings. The summed E-state index contributed by atoms with van der Waals surface area (Å²) in [5.74, 6) is 1.02. The number of hydrogen-bond acceptors (Lipinski definition) is 4. The van der Waals surface area contributed by atoms with Crippen LogP contribution in [0.5, 0.6) is 0 Å². The molecular weight excluding hydrogens is 312 g/mol. The van der Waals surface area contributed by atoms with Gasteiger partial charge in [-0.25, -0.2) is 9.97 Å². The second-order valence-corrected chi connectivity index (χ2v) is 7.14. The van der Waals surface area contributed by atoms with Gasteiger partial charge >= 0.3 is 0 Å². The molecule has 2 heterocycles. The maximum atomic E-state index is 12.8. The third-order valence-corrected chi connectivity index (χ3v) is 4.78. The molecule has 5 nitrogen and oxygen atoms in total. The third-order valence-electron chi connectivity index (χ3n) is 4.78. The SMILES string of the molecule is Cc1cc(C(=O)N2CCCC(C)C2)nc(Nc2ccc(C)c(C)c2)n1. The number of aryl methyl sites for hydroxylation is 3. The van der Waals surface area contributed by atoms with E-state index in [1.165, 1.54) is 17.5 Å². The molecule has 25 heavy (non-hydrogen) atoms. The molecular formula is C20H26N4O. The molecule has 1 aliphatic heterocycles. The number of benzene rings is 1. The summed E-state index contributed by atoms with van der Waals surface area (Å²) in [5, 5.41) is 3.23. The minimum Gasteiger partial charge on any atom is -0.337 e. The molecule has 0 spiro atoms. The molecule has 1 saturated heterocycles. The lowest BCUT2D eigenvalue weighted by atomic mass is 10.00. The van der Waals surface area contributed by atoms with Crippen molar-refractivity contribution in [2.45, 2.75) is 40.5 Å². The summed E-state index contributed by atoms with van der Waals surface area (Å²) in [7, 11) is 0. The molecule has 3 rings (SSSR count). The van der Waals surface area contributed by atoms with Crippen molar-refractivity contribution in [1.82, 2.24) is 14.9 Å². The fourth-order valence-corrected chi connectivity index (χ4v) is 3.22. The van der Waals surface area contributed by atoms with E-state index < -0.39 is 0 Å². The number of amides is 1. The van der Waals surface area contributed by atoms with Crippen molar-refractivity contribution in [2.24, 2.45) is 5.92 Å². The van der Waals surface area contributed by atoms with E-state index in [0.29, 0.717) is 17.6 Å². The van der Waals surface area contributed by atoms with Gasteiger partial charge in [0.15, 0.2) is 0 Å². The van der Waals surface area contributed by atoms with Crippen molar-refractivity contribution in [3.05, 3.63) is 46.8 Å². The number of rotatable bonds is 3. The third kappa shape index (κ3) is 4.16. The Hall–Kier alpha value is -2.43. The van der Waals surface area contributed by atoms with Crippen molar-refractivity contribution in [3.8, 4) is 0 Å². The molecule has 0 aliphatic carbocycles. The topological polar surface area (TPSA) is 58.1 Å². The van der Waals surface area contributed by atoms with Crippen LogP contribution in [0.3, 0.4) is 0 Å². The van der Waals surface area contributed by atoms with Gasteiger partial charge in [-0.3, -0.25) is 4.79 Å². The summed E-state index contributed by atoms with van der Waals surface area (Å²) in [6.45, 7) is 9.86. The van der Waals surface area contributed by atoms with Gasteiger partial charge in [-0.15, -0.1) is 0 Å². The van der Waals surface area contributed by atoms with Crippen LogP contribution >= 0.6 is 0 Å². The first-order valence-corrected chi connectivity index (χ1v) is 8.91. The molecule has 1 atom stereocenters. The molecule has 0 radical (unpaired) electrons. The number of anilines is 2. The standard InChI is InChI=1S/C20H26N4O/c1-13-6-5-9-24(12-13)19(25)18-11-16(4)21-20(23-18)22-17-8-7-14(2)15(3)10-17/h7-8,10-11,13H,5-6,9,12H2,1-4H3,(H,21,22,23). The van der Waals surface area contributed by atoms with Crippen LogP contribution in [0.4, 0.5) is 11.6 Å². The van der Waals surface area contributed by atoms with E-state index in [2.05, 4.69) is 48.2 Å². The van der Waals surface area contributed by atoms with Gasteiger partial charge in [-0.1, -0.05) is 13.0 Å². The zero-order valence-electron chi connectivity index (χ0n) is 15.5. The number of carbonyl (C=O) groups excluding carboxylic acids is 1. The average molecular weight is 338 g/mol. The first-order valence-electron chi connectivity index (χ1n) is 8.91. The van der Waals surface area contributed by atoms with Gasteiger partial charge in [0.25, 0.3) is 5.91 Å². The van der Waals surface area contributed by atoms with Crippen molar-refractivity contribution in [1.29, 1.82) is 0 Å². The smallest absolute Gasteiger partial charge is 0.272 e. The van der Waals surface area contributed by atoms with Gasteiger partial charge in [0, 0.05) is 24.5 Å². The number of aromatic nitrogens is 2. The molecule has 1 fully saturated rings. The lowest BCUT2D eigenvalue weighted by molar-refractivity contribution is 0.0677. The van der Waals surface area contributed by atoms with Crippen molar-refractivity contribution in [3.63, 3.8) is 0 Å². The maximum Gasteiger partial charge on any atom is 0.272 e. The highest BCUT2D eigenvalue weighted by molar-refractivity contribution is 5.92. The number of piperidine rings is 1. The summed E-state index contributed by atoms with van der Waals surface area (Å²) < 4.78 is 0. The Morgan fingerprint density at radius 1 is 1.16 bits per heavy atom. The Morgan fingerprint density at radius 3 is 2.68 bits per heavy atom. The normalized spacial score (nSPS) is 17.4. The van der Waals surface area contributed by atoms with Crippen LogP contribution in [0, 0.1) is 26.7 Å². The number of hydrogen-bond donors (Lipinski definition) is 1. The first-order chi connectivity index (χ1) is 11.9. The monoisotopic (exact) mass is 338 g/mol. The largest absolute Gasteiger partial charge is 0.337 e. The van der Waals surface area contributed by atoms with Crippen LogP contribution in [-0.2, 0) is 0 Å². The zero-order valence-corrected chi connectivity index (χ0v) is 15.5. The second kappa shape index (κ2) is 7.21. The lowest BCUT2D eigenvalue weighted by Gasteiger charge is -2.30. The van der Waals surface area contributed by atoms with Gasteiger partial charge < -0.3 is 10.2 Å². The minimum atomic E-state index is 0.000173. The predicted octanol–water partition coefficient (Wildman–Crippen LogP) is 4.02. The van der Waals surface area contributed by atoms with Crippen LogP contribution in [-0.4, -0.2) is 33.9 Å². The van der Waals surface area contributed by atoms with Crippen molar-refractivity contribution >= 4 is 17.5 Å². The van der Waals surface area contributed by atoms with E-state index in [9.17, 15) is 4.79 Å². The van der Waals surface area contributed by atoms with Crippen LogP contribution in [0.15, 0.2) is 24.3 Å². The Morgan fingerprint density at radius 2 is 1.96 bits per heavy atom. The number of nitrogens with one attached hydrogen (secondary N) is 1. The van der Waals surface area contributed by atoms with Crippen molar-refractivity contribution in [2.75, 3.05) is 18.4 Å². The summed E-state index contributed by atoms with van der Waals surface area (Å²) in [5.41, 5.74) is 4.63. The van der Waals surface area contributed by atoms with Crippen LogP contribution in [0.25, 0.3) is 0 Å². The Kier molecular flexibility index (Phi) is 5.02. The molecule has 1 amide bonds. The molecule has 2 aromatic rings. The molecule has 1 N–H and O–H groups in total. The molecule has 1 aromatic carbocycles. The van der Waals surface area contributed by atoms with E-state index in [1.54, 1.807) is 6.07 Å². The fourth-order valence-electron chi connectivity index (χ4n) is 3.22. The molecule has 0 saturated carbocycles. The number of nitrogens with zero attached hydrogens (tertiary/aromatic N) is 3. The van der Waals surface area contributed by atoms with E-state index in [1.807, 2.05) is 17.9 Å². The summed E-state index contributed by atoms with van der Waals surface area (Å²) in [6, 6.07) is 7.90. The number of likely N-dealkylation sites (tertiary alicyclic amines) is 1. The second-order valence-electron chi connectivity index (χ2n) is 7.14. The number of carbonyl (C=O) groups is 1. The quantitative estimate of drug-likeness (QED) is 0.918. The lowest BCUT2D eigenvalue weighted by Crippen LogP contribution is -2.39. The summed E-state index contributed by atoms with van der Waals surface area (Å²) >= 11 is 0. The Bertz CT molecular complexity index is 787. The molecule has 1 unspecified atom stereocenters. The van der Waals surface area contributed by atoms with E-state index in [-0.39, 0.29) is 5.91 Å². The van der Waals surface area contributed by atoms with E-state index in [4.69, 9.17) is 0 Å². The highest BCUT2D eigenvalue weighted by atomic mass is 16.2. The van der Waals surface area contributed by atoms with Gasteiger partial charge in [0.05, 0.1) is 0 Å². The highest BCUT2D eigenvalue weighted by Crippen LogP contribution is 2.20. The van der Waals surface area contributed by atoms with Crippen LogP contribution < -0.4 is 5.32 Å². The Balaban J connectivity index is 1.82. The average Bonchev–Trinajstić information content (AvgIpc) is 2.57. The van der Waals surface area contributed by atoms with Gasteiger partial charge in [0.2, 0.25) is 5.95 Å². The minimum absolute atomic E-state index is 0.000173. The van der Waals surface area contributed by atoms with Crippen molar-refractivity contribution < 1.29 is 4.79 Å². The predicted molar refractivity (Wildman–Crippen MR) is 100 cm³/mol. The molecule has 132 valence electrons. The molecule has 5 heteroatoms. The van der Waals surface area contributed by atoms with Gasteiger partial charge in [0.1, 0.15) is 5.69 Å². The van der Waals surface area contributed by atoms with Crippen LogP contribution in [0.1, 0.15) is 47.1 Å². The van der Waals surface area contributed by atoms with E-state index in [0.717, 1.165) is 30.9 Å².